The standard InChI is InChI=1S/C3H7O2/c1-3(4)5-2/h4H,1-2H3. The van der Waals surface area contributed by atoms with Gasteiger partial charge in [-0.25, -0.2) is 0 Å². The lowest BCUT2D eigenvalue weighted by atomic mass is 10.8. The molecule has 0 amide bonds. The van der Waals surface area contributed by atoms with Gasteiger partial charge in [-0.1, -0.05) is 0 Å². The van der Waals surface area contributed by atoms with Crippen LogP contribution in [-0.2, 0) is 4.74 Å². The summed E-state index contributed by atoms with van der Waals surface area (Å²) in [7, 11) is 1.41. The van der Waals surface area contributed by atoms with E-state index in [4.69, 9.17) is 5.11 Å². The zero-order valence-electron chi connectivity index (χ0n) is 3.36. The summed E-state index contributed by atoms with van der Waals surface area (Å²) in [5, 5.41) is 8.06. The van der Waals surface area contributed by atoms with Gasteiger partial charge in [0.15, 0.2) is 0 Å². The second-order valence-corrected chi connectivity index (χ2v) is 0.723. The fourth-order valence-corrected chi connectivity index (χ4v) is 0. The summed E-state index contributed by atoms with van der Waals surface area (Å²) in [4.78, 5) is 0. The molecule has 0 saturated carbocycles. The van der Waals surface area contributed by atoms with Gasteiger partial charge in [0.05, 0.1) is 0 Å². The molecule has 1 radical (unpaired) electrons. The topological polar surface area (TPSA) is 29.5 Å². The van der Waals surface area contributed by atoms with E-state index < -0.39 is 0 Å². The highest BCUT2D eigenvalue weighted by Crippen LogP contribution is 1.84. The van der Waals surface area contributed by atoms with Crippen molar-refractivity contribution in [3.05, 3.63) is 6.29 Å². The molecule has 0 spiro atoms. The van der Waals surface area contributed by atoms with Crippen molar-refractivity contribution in [3.8, 4) is 0 Å². The fourth-order valence-electron chi connectivity index (χ4n) is 0. The molecule has 0 aliphatic rings. The van der Waals surface area contributed by atoms with Gasteiger partial charge in [0, 0.05) is 7.11 Å². The first kappa shape index (κ1) is 4.92. The minimum absolute atomic E-state index is 0.00463. The molecule has 2 nitrogen and oxygen atoms in total. The first-order chi connectivity index (χ1) is 2.27. The van der Waals surface area contributed by atoms with Crippen molar-refractivity contribution in [2.24, 2.45) is 0 Å². The molecular formula is C3H7O2. The molecule has 0 aromatic carbocycles. The monoisotopic (exact) mass is 75.0 g/mol. The first-order valence-corrected chi connectivity index (χ1v) is 1.34. The molecular weight excluding hydrogens is 68.0 g/mol. The van der Waals surface area contributed by atoms with Crippen LogP contribution in [0, 0.1) is 6.29 Å². The largest absolute Gasteiger partial charge is 0.362 e. The van der Waals surface area contributed by atoms with E-state index in [1.807, 2.05) is 0 Å². The van der Waals surface area contributed by atoms with E-state index in [9.17, 15) is 0 Å². The second-order valence-electron chi connectivity index (χ2n) is 0.723. The normalized spacial score (nSPS) is 9.60. The van der Waals surface area contributed by atoms with E-state index in [0.717, 1.165) is 0 Å². The Morgan fingerprint density at radius 3 is 2.00 bits per heavy atom. The molecule has 0 rings (SSSR count). The highest BCUT2D eigenvalue weighted by Gasteiger charge is 1.83. The third-order valence-corrected chi connectivity index (χ3v) is 0.295. The van der Waals surface area contributed by atoms with Crippen LogP contribution in [0.1, 0.15) is 6.92 Å². The van der Waals surface area contributed by atoms with Crippen LogP contribution in [0.5, 0.6) is 0 Å². The Morgan fingerprint density at radius 2 is 2.00 bits per heavy atom. The molecule has 0 aromatic rings. The lowest BCUT2D eigenvalue weighted by Gasteiger charge is -1.91. The number of methoxy groups -OCH3 is 1. The van der Waals surface area contributed by atoms with Gasteiger partial charge in [0.2, 0.25) is 6.29 Å². The van der Waals surface area contributed by atoms with Crippen LogP contribution in [0.15, 0.2) is 0 Å². The van der Waals surface area contributed by atoms with E-state index in [-0.39, 0.29) is 6.29 Å². The minimum Gasteiger partial charge on any atom is -0.362 e. The van der Waals surface area contributed by atoms with E-state index in [1.54, 1.807) is 0 Å². The Morgan fingerprint density at radius 1 is 1.80 bits per heavy atom. The van der Waals surface area contributed by atoms with Crippen LogP contribution < -0.4 is 0 Å². The molecule has 0 fully saturated rings. The van der Waals surface area contributed by atoms with Gasteiger partial charge in [0.1, 0.15) is 0 Å². The average molecular weight is 75.1 g/mol. The van der Waals surface area contributed by atoms with Crippen LogP contribution in [0.2, 0.25) is 0 Å². The first-order valence-electron chi connectivity index (χ1n) is 1.34. The maximum atomic E-state index is 8.06. The summed E-state index contributed by atoms with van der Waals surface area (Å²) in [5.74, 6) is 0. The molecule has 0 saturated heterocycles. The van der Waals surface area contributed by atoms with Crippen molar-refractivity contribution in [1.82, 2.24) is 0 Å². The van der Waals surface area contributed by atoms with Gasteiger partial charge in [0.25, 0.3) is 0 Å². The Labute approximate surface area is 31.4 Å². The van der Waals surface area contributed by atoms with Gasteiger partial charge in [-0.15, -0.1) is 0 Å². The summed E-state index contributed by atoms with van der Waals surface area (Å²) < 4.78 is 4.22. The van der Waals surface area contributed by atoms with Gasteiger partial charge in [-0.3, -0.25) is 0 Å². The Hall–Kier alpha value is -0.0800. The predicted octanol–water partition coefficient (Wildman–Crippen LogP) is 0.515. The number of aliphatic hydroxyl groups excluding tert-OH is 1. The molecule has 2 heteroatoms. The summed E-state index contributed by atoms with van der Waals surface area (Å²) >= 11 is 0. The smallest absolute Gasteiger partial charge is 0.217 e. The molecule has 0 aliphatic heterocycles. The Kier molecular flexibility index (Phi) is 2.14. The third-order valence-electron chi connectivity index (χ3n) is 0.295. The molecule has 31 valence electrons. The lowest BCUT2D eigenvalue weighted by molar-refractivity contribution is 0.0490. The molecule has 0 heterocycles. The van der Waals surface area contributed by atoms with Crippen LogP contribution in [0.3, 0.4) is 0 Å². The maximum absolute atomic E-state index is 8.06. The molecule has 5 heavy (non-hydrogen) atoms. The van der Waals surface area contributed by atoms with E-state index >= 15 is 0 Å². The number of ether oxygens (including phenoxy) is 1. The molecule has 0 unspecified atom stereocenters. The Balaban J connectivity index is 2.54. The van der Waals surface area contributed by atoms with Crippen molar-refractivity contribution in [1.29, 1.82) is 0 Å². The van der Waals surface area contributed by atoms with Crippen LogP contribution in [-0.4, -0.2) is 12.2 Å². The third kappa shape index (κ3) is 3.92. The zero-order chi connectivity index (χ0) is 4.28. The number of hydrogen-bond acceptors (Lipinski definition) is 2. The van der Waals surface area contributed by atoms with E-state index in [2.05, 4.69) is 4.74 Å². The molecule has 0 aromatic heterocycles. The quantitative estimate of drug-likeness (QED) is 0.492. The number of hydrogen-bond donors (Lipinski definition) is 1. The van der Waals surface area contributed by atoms with Crippen LogP contribution >= 0.6 is 0 Å². The SMILES string of the molecule is CO[C](C)O. The summed E-state index contributed by atoms with van der Waals surface area (Å²) in [5.41, 5.74) is 0. The van der Waals surface area contributed by atoms with Crippen molar-refractivity contribution in [3.63, 3.8) is 0 Å². The van der Waals surface area contributed by atoms with E-state index in [1.165, 1.54) is 14.0 Å². The summed E-state index contributed by atoms with van der Waals surface area (Å²) in [6, 6.07) is 0. The maximum Gasteiger partial charge on any atom is 0.217 e. The number of rotatable bonds is 1. The average Bonchev–Trinajstić information content (AvgIpc) is 1.38. The Bertz CT molecular complexity index is 18.9. The molecule has 0 atom stereocenters. The van der Waals surface area contributed by atoms with Crippen molar-refractivity contribution < 1.29 is 9.84 Å². The fraction of sp³-hybridized carbons (Fsp3) is 0.667. The van der Waals surface area contributed by atoms with Crippen LogP contribution in [0.4, 0.5) is 0 Å². The summed E-state index contributed by atoms with van der Waals surface area (Å²) in [6.45, 7) is 1.47. The van der Waals surface area contributed by atoms with Gasteiger partial charge >= 0.3 is 0 Å². The van der Waals surface area contributed by atoms with Crippen molar-refractivity contribution in [2.75, 3.05) is 7.11 Å². The van der Waals surface area contributed by atoms with Gasteiger partial charge in [-0.2, -0.15) is 0 Å². The van der Waals surface area contributed by atoms with Gasteiger partial charge in [-0.05, 0) is 6.92 Å². The van der Waals surface area contributed by atoms with Crippen molar-refractivity contribution >= 4 is 0 Å². The zero-order valence-corrected chi connectivity index (χ0v) is 3.36. The van der Waals surface area contributed by atoms with Crippen LogP contribution in [0.25, 0.3) is 0 Å². The predicted molar refractivity (Wildman–Crippen MR) is 17.9 cm³/mol. The highest BCUT2D eigenvalue weighted by atomic mass is 16.6. The highest BCUT2D eigenvalue weighted by molar-refractivity contribution is 4.41. The van der Waals surface area contributed by atoms with E-state index in [0.29, 0.717) is 0 Å². The minimum atomic E-state index is 0.00463. The molecule has 0 bridgehead atoms. The van der Waals surface area contributed by atoms with Crippen molar-refractivity contribution in [2.45, 2.75) is 6.92 Å². The molecule has 0 aliphatic carbocycles. The molecule has 1 N–H and O–H groups in total. The second kappa shape index (κ2) is 2.18. The number of aliphatic hydroxyl groups is 1. The van der Waals surface area contributed by atoms with Gasteiger partial charge < -0.3 is 9.84 Å². The lowest BCUT2D eigenvalue weighted by Crippen LogP contribution is -1.87. The summed E-state index contributed by atoms with van der Waals surface area (Å²) in [6.07, 6.45) is 0.00463.